The molecule has 0 unspecified atom stereocenters. The fourth-order valence-electron chi connectivity index (χ4n) is 2.50. The summed E-state index contributed by atoms with van der Waals surface area (Å²) in [6.45, 7) is 2.00. The number of anilines is 1. The van der Waals surface area contributed by atoms with E-state index in [1.807, 2.05) is 18.2 Å². The highest BCUT2D eigenvalue weighted by Gasteiger charge is 2.23. The number of carbonyl (C=O) groups is 1. The van der Waals surface area contributed by atoms with Crippen LogP contribution in [0, 0.1) is 0 Å². The highest BCUT2D eigenvalue weighted by molar-refractivity contribution is 5.94. The zero-order valence-corrected chi connectivity index (χ0v) is 12.6. The van der Waals surface area contributed by atoms with Crippen LogP contribution in [0.5, 0.6) is 5.75 Å². The fraction of sp³-hybridized carbons (Fsp3) is 0.333. The highest BCUT2D eigenvalue weighted by atomic mass is 16.5. The van der Waals surface area contributed by atoms with Crippen LogP contribution in [-0.4, -0.2) is 41.5 Å². The molecule has 0 spiro atoms. The first-order chi connectivity index (χ1) is 10.7. The number of fused-ring (bicyclic) bond motifs is 1. The molecule has 7 nitrogen and oxygen atoms in total. The summed E-state index contributed by atoms with van der Waals surface area (Å²) in [5, 5.41) is 7.46. The van der Waals surface area contributed by atoms with Crippen LogP contribution >= 0.6 is 0 Å². The van der Waals surface area contributed by atoms with Crippen molar-refractivity contribution >= 4 is 11.8 Å². The van der Waals surface area contributed by atoms with Gasteiger partial charge in [0, 0.05) is 6.54 Å². The van der Waals surface area contributed by atoms with Crippen molar-refractivity contribution in [3.05, 3.63) is 41.6 Å². The number of esters is 1. The Kier molecular flexibility index (Phi) is 3.97. The van der Waals surface area contributed by atoms with E-state index >= 15 is 0 Å². The van der Waals surface area contributed by atoms with Gasteiger partial charge in [-0.25, -0.2) is 9.48 Å². The molecule has 2 heterocycles. The van der Waals surface area contributed by atoms with Gasteiger partial charge in [0.05, 0.1) is 33.8 Å². The second-order valence-corrected chi connectivity index (χ2v) is 5.05. The molecule has 0 radical (unpaired) electrons. The fourth-order valence-corrected chi connectivity index (χ4v) is 2.50. The van der Waals surface area contributed by atoms with Crippen molar-refractivity contribution in [2.24, 2.45) is 0 Å². The van der Waals surface area contributed by atoms with Gasteiger partial charge in [0.2, 0.25) is 0 Å². The summed E-state index contributed by atoms with van der Waals surface area (Å²) >= 11 is 0. The van der Waals surface area contributed by atoms with Crippen molar-refractivity contribution in [1.82, 2.24) is 14.7 Å². The Morgan fingerprint density at radius 2 is 2.27 bits per heavy atom. The van der Waals surface area contributed by atoms with Crippen LogP contribution in [0.4, 0.5) is 5.82 Å². The highest BCUT2D eigenvalue weighted by Crippen LogP contribution is 2.22. The summed E-state index contributed by atoms with van der Waals surface area (Å²) in [4.78, 5) is 13.8. The van der Waals surface area contributed by atoms with E-state index in [0.717, 1.165) is 17.9 Å². The molecular formula is C15H18N4O3. The molecule has 0 atom stereocenters. The number of hydrogen-bond acceptors (Lipinski definition) is 6. The molecule has 3 rings (SSSR count). The Balaban J connectivity index is 1.72. The normalized spacial score (nSPS) is 14.1. The molecule has 1 aliphatic heterocycles. The predicted octanol–water partition coefficient (Wildman–Crippen LogP) is 1.52. The summed E-state index contributed by atoms with van der Waals surface area (Å²) in [6, 6.07) is 7.96. The van der Waals surface area contributed by atoms with Crippen LogP contribution in [0.2, 0.25) is 0 Å². The van der Waals surface area contributed by atoms with Gasteiger partial charge >= 0.3 is 5.97 Å². The van der Waals surface area contributed by atoms with Gasteiger partial charge in [-0.1, -0.05) is 12.1 Å². The molecule has 0 aliphatic carbocycles. The van der Waals surface area contributed by atoms with Crippen LogP contribution in [0.15, 0.2) is 30.5 Å². The summed E-state index contributed by atoms with van der Waals surface area (Å²) in [6.07, 6.45) is 1.53. The molecule has 0 saturated carbocycles. The molecule has 1 N–H and O–H groups in total. The van der Waals surface area contributed by atoms with E-state index in [-0.39, 0.29) is 5.97 Å². The maximum absolute atomic E-state index is 11.6. The van der Waals surface area contributed by atoms with E-state index in [0.29, 0.717) is 24.7 Å². The number of methoxy groups -OCH3 is 2. The van der Waals surface area contributed by atoms with Gasteiger partial charge in [-0.2, -0.15) is 5.10 Å². The standard InChI is InChI=1S/C15H18N4O3/c1-21-12-5-3-4-11(6-12)8-18-9-16-14-13(15(20)22-2)7-17-19(14)10-18/h3-7,16H,8-10H2,1-2H3. The van der Waals surface area contributed by atoms with Crippen molar-refractivity contribution in [3.63, 3.8) is 0 Å². The van der Waals surface area contributed by atoms with Gasteiger partial charge in [-0.3, -0.25) is 4.90 Å². The van der Waals surface area contributed by atoms with E-state index in [2.05, 4.69) is 21.4 Å². The Labute approximate surface area is 128 Å². The maximum atomic E-state index is 11.6. The zero-order valence-electron chi connectivity index (χ0n) is 12.6. The summed E-state index contributed by atoms with van der Waals surface area (Å²) in [5.41, 5.74) is 1.62. The quantitative estimate of drug-likeness (QED) is 0.864. The Hall–Kier alpha value is -2.54. The summed E-state index contributed by atoms with van der Waals surface area (Å²) in [5.74, 6) is 1.17. The van der Waals surface area contributed by atoms with Crippen molar-refractivity contribution < 1.29 is 14.3 Å². The average Bonchev–Trinajstić information content (AvgIpc) is 2.97. The van der Waals surface area contributed by atoms with Gasteiger partial charge in [0.1, 0.15) is 17.1 Å². The van der Waals surface area contributed by atoms with E-state index in [1.165, 1.54) is 13.3 Å². The molecule has 1 aromatic heterocycles. The largest absolute Gasteiger partial charge is 0.497 e. The van der Waals surface area contributed by atoms with E-state index in [4.69, 9.17) is 9.47 Å². The number of aromatic nitrogens is 2. The van der Waals surface area contributed by atoms with Gasteiger partial charge in [-0.05, 0) is 17.7 Å². The minimum absolute atomic E-state index is 0.380. The monoisotopic (exact) mass is 302 g/mol. The van der Waals surface area contributed by atoms with Crippen LogP contribution in [0.1, 0.15) is 15.9 Å². The van der Waals surface area contributed by atoms with E-state index < -0.39 is 0 Å². The van der Waals surface area contributed by atoms with Crippen molar-refractivity contribution in [2.45, 2.75) is 13.2 Å². The number of rotatable bonds is 4. The number of carbonyl (C=O) groups excluding carboxylic acids is 1. The molecule has 22 heavy (non-hydrogen) atoms. The molecular weight excluding hydrogens is 284 g/mol. The smallest absolute Gasteiger partial charge is 0.343 e. The molecule has 116 valence electrons. The first-order valence-electron chi connectivity index (χ1n) is 6.94. The molecule has 1 aliphatic rings. The number of benzene rings is 1. The predicted molar refractivity (Wildman–Crippen MR) is 80.6 cm³/mol. The lowest BCUT2D eigenvalue weighted by Crippen LogP contribution is -2.37. The Morgan fingerprint density at radius 1 is 1.41 bits per heavy atom. The third-order valence-corrected chi connectivity index (χ3v) is 3.59. The molecule has 0 amide bonds. The number of nitrogens with zero attached hydrogens (tertiary/aromatic N) is 3. The SMILES string of the molecule is COC(=O)c1cnn2c1NCN(Cc1cccc(OC)c1)C2. The van der Waals surface area contributed by atoms with Crippen molar-refractivity contribution in [3.8, 4) is 5.75 Å². The second kappa shape index (κ2) is 6.07. The average molecular weight is 302 g/mol. The van der Waals surface area contributed by atoms with Gasteiger partial charge in [-0.15, -0.1) is 0 Å². The van der Waals surface area contributed by atoms with Crippen molar-refractivity contribution in [1.29, 1.82) is 0 Å². The third-order valence-electron chi connectivity index (χ3n) is 3.59. The van der Waals surface area contributed by atoms with Gasteiger partial charge < -0.3 is 14.8 Å². The lowest BCUT2D eigenvalue weighted by atomic mass is 10.2. The minimum Gasteiger partial charge on any atom is -0.497 e. The Bertz CT molecular complexity index is 683. The van der Waals surface area contributed by atoms with E-state index in [9.17, 15) is 4.79 Å². The molecule has 2 aromatic rings. The van der Waals surface area contributed by atoms with Crippen molar-refractivity contribution in [2.75, 3.05) is 26.2 Å². The molecule has 0 saturated heterocycles. The lowest BCUT2D eigenvalue weighted by molar-refractivity contribution is 0.0601. The minimum atomic E-state index is -0.380. The van der Waals surface area contributed by atoms with Crippen LogP contribution < -0.4 is 10.1 Å². The first kappa shape index (κ1) is 14.4. The van der Waals surface area contributed by atoms with E-state index in [1.54, 1.807) is 11.8 Å². The molecule has 7 heteroatoms. The van der Waals surface area contributed by atoms with Crippen LogP contribution in [0.25, 0.3) is 0 Å². The zero-order chi connectivity index (χ0) is 15.5. The molecule has 1 aromatic carbocycles. The Morgan fingerprint density at radius 3 is 3.05 bits per heavy atom. The third kappa shape index (κ3) is 2.75. The van der Waals surface area contributed by atoms with Gasteiger partial charge in [0.25, 0.3) is 0 Å². The molecule has 0 fully saturated rings. The van der Waals surface area contributed by atoms with Crippen LogP contribution in [-0.2, 0) is 18.0 Å². The summed E-state index contributed by atoms with van der Waals surface area (Å²) in [7, 11) is 3.02. The maximum Gasteiger partial charge on any atom is 0.343 e. The van der Waals surface area contributed by atoms with Gasteiger partial charge in [0.15, 0.2) is 0 Å². The molecule has 0 bridgehead atoms. The summed E-state index contributed by atoms with van der Waals surface area (Å²) < 4.78 is 11.7. The number of ether oxygens (including phenoxy) is 2. The first-order valence-corrected chi connectivity index (χ1v) is 6.94. The number of nitrogens with one attached hydrogen (secondary N) is 1. The lowest BCUT2D eigenvalue weighted by Gasteiger charge is -2.29. The van der Waals surface area contributed by atoms with Crippen LogP contribution in [0.3, 0.4) is 0 Å². The topological polar surface area (TPSA) is 68.6 Å². The number of hydrogen-bond donors (Lipinski definition) is 1. The second-order valence-electron chi connectivity index (χ2n) is 5.05.